The molecule has 1 heterocycles. The number of ketones is 1. The summed E-state index contributed by atoms with van der Waals surface area (Å²) in [4.78, 5) is 23.7. The van der Waals surface area contributed by atoms with Crippen LogP contribution in [-0.2, 0) is 9.59 Å². The third kappa shape index (κ3) is 1.40. The van der Waals surface area contributed by atoms with Gasteiger partial charge < -0.3 is 4.90 Å². The molecular weight excluding hydrogens is 154 g/mol. The van der Waals surface area contributed by atoms with E-state index < -0.39 is 0 Å². The van der Waals surface area contributed by atoms with Crippen LogP contribution >= 0.6 is 0 Å². The minimum absolute atomic E-state index is 0.0452. The number of hydrogen-bond acceptors (Lipinski definition) is 2. The monoisotopic (exact) mass is 167 g/mol. The van der Waals surface area contributed by atoms with Gasteiger partial charge in [0.25, 0.3) is 0 Å². The molecule has 12 heavy (non-hydrogen) atoms. The average Bonchev–Trinajstić information content (AvgIpc) is 2.30. The molecule has 0 aliphatic carbocycles. The average molecular weight is 167 g/mol. The fourth-order valence-electron chi connectivity index (χ4n) is 1.60. The van der Waals surface area contributed by atoms with E-state index in [0.29, 0.717) is 0 Å². The van der Waals surface area contributed by atoms with E-state index in [0.717, 1.165) is 18.5 Å². The first-order valence-corrected chi connectivity index (χ1v) is 4.02. The van der Waals surface area contributed by atoms with Gasteiger partial charge in [-0.25, -0.2) is 0 Å². The summed E-state index contributed by atoms with van der Waals surface area (Å²) in [6.07, 6.45) is 1.48. The summed E-state index contributed by atoms with van der Waals surface area (Å²) in [5, 5.41) is 0. The topological polar surface area (TPSA) is 37.4 Å². The fourth-order valence-corrected chi connectivity index (χ4v) is 1.60. The van der Waals surface area contributed by atoms with Crippen molar-refractivity contribution in [3.05, 3.63) is 12.3 Å². The molecule has 1 fully saturated rings. The Morgan fingerprint density at radius 3 is 2.42 bits per heavy atom. The van der Waals surface area contributed by atoms with E-state index in [4.69, 9.17) is 0 Å². The fraction of sp³-hybridized carbons (Fsp3) is 0.556. The van der Waals surface area contributed by atoms with Gasteiger partial charge in [-0.3, -0.25) is 9.59 Å². The van der Waals surface area contributed by atoms with E-state index in [2.05, 4.69) is 6.58 Å². The Hall–Kier alpha value is -1.12. The van der Waals surface area contributed by atoms with Gasteiger partial charge in [-0.1, -0.05) is 6.58 Å². The van der Waals surface area contributed by atoms with Gasteiger partial charge >= 0.3 is 0 Å². The van der Waals surface area contributed by atoms with Gasteiger partial charge in [0.2, 0.25) is 5.91 Å². The predicted octanol–water partition coefficient (Wildman–Crippen LogP) is 1.10. The van der Waals surface area contributed by atoms with Gasteiger partial charge in [-0.2, -0.15) is 0 Å². The van der Waals surface area contributed by atoms with E-state index in [1.165, 1.54) is 18.7 Å². The molecule has 1 aliphatic heterocycles. The summed E-state index contributed by atoms with van der Waals surface area (Å²) in [6, 6.07) is -0.255. The molecule has 0 aromatic carbocycles. The quantitative estimate of drug-likeness (QED) is 0.586. The van der Waals surface area contributed by atoms with Crippen LogP contribution in [0.4, 0.5) is 0 Å². The molecule has 0 bridgehead atoms. The summed E-state index contributed by atoms with van der Waals surface area (Å²) in [5.74, 6) is -0.0402. The van der Waals surface area contributed by atoms with Crippen molar-refractivity contribution in [2.75, 3.05) is 0 Å². The molecule has 1 saturated heterocycles. The second-order valence-corrected chi connectivity index (χ2v) is 3.12. The van der Waals surface area contributed by atoms with Crippen molar-refractivity contribution in [1.29, 1.82) is 0 Å². The lowest BCUT2D eigenvalue weighted by Gasteiger charge is -2.21. The van der Waals surface area contributed by atoms with Crippen molar-refractivity contribution < 1.29 is 9.59 Å². The minimum atomic E-state index is -0.255. The Labute approximate surface area is 72.0 Å². The van der Waals surface area contributed by atoms with Crippen LogP contribution in [0.15, 0.2) is 12.3 Å². The number of likely N-dealkylation sites (tertiary alicyclic amines) is 1. The molecule has 1 rings (SSSR count). The summed E-state index contributed by atoms with van der Waals surface area (Å²) in [5.41, 5.74) is 0.766. The van der Waals surface area contributed by atoms with Crippen molar-refractivity contribution >= 4 is 11.7 Å². The molecule has 1 atom stereocenters. The summed E-state index contributed by atoms with van der Waals surface area (Å²) < 4.78 is 0. The maximum Gasteiger partial charge on any atom is 0.224 e. The van der Waals surface area contributed by atoms with Crippen LogP contribution in [0.1, 0.15) is 26.7 Å². The van der Waals surface area contributed by atoms with E-state index in [1.807, 2.05) is 0 Å². The second-order valence-electron chi connectivity index (χ2n) is 3.12. The normalized spacial score (nSPS) is 23.0. The number of amides is 1. The summed E-state index contributed by atoms with van der Waals surface area (Å²) in [7, 11) is 0. The van der Waals surface area contributed by atoms with Crippen LogP contribution in [-0.4, -0.2) is 22.6 Å². The molecule has 0 unspecified atom stereocenters. The summed E-state index contributed by atoms with van der Waals surface area (Å²) >= 11 is 0. The van der Waals surface area contributed by atoms with Crippen LogP contribution in [0.25, 0.3) is 0 Å². The molecule has 66 valence electrons. The van der Waals surface area contributed by atoms with Crippen LogP contribution in [0.2, 0.25) is 0 Å². The second kappa shape index (κ2) is 3.09. The highest BCUT2D eigenvalue weighted by Gasteiger charge is 2.32. The molecule has 1 amide bonds. The Morgan fingerprint density at radius 1 is 1.50 bits per heavy atom. The molecule has 0 saturated carbocycles. The van der Waals surface area contributed by atoms with Crippen molar-refractivity contribution in [2.24, 2.45) is 0 Å². The molecule has 3 heteroatoms. The Balaban J connectivity index is 2.84. The van der Waals surface area contributed by atoms with E-state index in [-0.39, 0.29) is 17.7 Å². The zero-order valence-corrected chi connectivity index (χ0v) is 7.46. The van der Waals surface area contributed by atoms with Gasteiger partial charge in [-0.05, 0) is 19.8 Å². The largest absolute Gasteiger partial charge is 0.307 e. The van der Waals surface area contributed by atoms with Crippen LogP contribution in [0.3, 0.4) is 0 Å². The third-order valence-corrected chi connectivity index (χ3v) is 2.17. The minimum Gasteiger partial charge on any atom is -0.307 e. The first-order valence-electron chi connectivity index (χ1n) is 4.02. The van der Waals surface area contributed by atoms with E-state index in [9.17, 15) is 9.59 Å². The molecule has 1 aliphatic rings. The van der Waals surface area contributed by atoms with Crippen LogP contribution < -0.4 is 0 Å². The van der Waals surface area contributed by atoms with Gasteiger partial charge in [-0.15, -0.1) is 0 Å². The SMILES string of the molecule is C=C1CC[C@@H](C(C)=O)N1C(C)=O. The first-order chi connectivity index (χ1) is 5.54. The van der Waals surface area contributed by atoms with Gasteiger partial charge in [0, 0.05) is 12.6 Å². The zero-order chi connectivity index (χ0) is 9.30. The Bertz CT molecular complexity index is 245. The number of allylic oxidation sites excluding steroid dienone is 1. The maximum absolute atomic E-state index is 11.1. The molecule has 0 aromatic heterocycles. The van der Waals surface area contributed by atoms with Crippen molar-refractivity contribution in [3.63, 3.8) is 0 Å². The van der Waals surface area contributed by atoms with Crippen molar-refractivity contribution in [1.82, 2.24) is 4.90 Å². The third-order valence-electron chi connectivity index (χ3n) is 2.17. The highest BCUT2D eigenvalue weighted by atomic mass is 16.2. The maximum atomic E-state index is 11.1. The predicted molar refractivity (Wildman–Crippen MR) is 45.4 cm³/mol. The number of carbonyl (C=O) groups is 2. The number of nitrogens with zero attached hydrogens (tertiary/aromatic N) is 1. The molecule has 0 radical (unpaired) electrons. The molecule has 0 spiro atoms. The molecule has 0 N–H and O–H groups in total. The van der Waals surface area contributed by atoms with E-state index in [1.54, 1.807) is 0 Å². The Kier molecular flexibility index (Phi) is 2.31. The zero-order valence-electron chi connectivity index (χ0n) is 7.46. The van der Waals surface area contributed by atoms with Gasteiger partial charge in [0.05, 0.1) is 6.04 Å². The van der Waals surface area contributed by atoms with Crippen molar-refractivity contribution in [2.45, 2.75) is 32.7 Å². The smallest absolute Gasteiger partial charge is 0.224 e. The van der Waals surface area contributed by atoms with Crippen LogP contribution in [0.5, 0.6) is 0 Å². The summed E-state index contributed by atoms with van der Waals surface area (Å²) in [6.45, 7) is 6.72. The lowest BCUT2D eigenvalue weighted by Crippen LogP contribution is -2.36. The number of hydrogen-bond donors (Lipinski definition) is 0. The lowest BCUT2D eigenvalue weighted by atomic mass is 10.1. The van der Waals surface area contributed by atoms with E-state index >= 15 is 0 Å². The van der Waals surface area contributed by atoms with Gasteiger partial charge in [0.15, 0.2) is 5.78 Å². The van der Waals surface area contributed by atoms with Crippen LogP contribution in [0, 0.1) is 0 Å². The number of Topliss-reactive ketones (excluding diaryl/α,β-unsaturated/α-hetero) is 1. The number of carbonyl (C=O) groups excluding carboxylic acids is 2. The highest BCUT2D eigenvalue weighted by Crippen LogP contribution is 2.26. The Morgan fingerprint density at radius 2 is 2.08 bits per heavy atom. The first kappa shape index (κ1) is 8.97. The standard InChI is InChI=1S/C9H13NO2/c1-6-4-5-9(7(2)11)10(6)8(3)12/h9H,1,4-5H2,2-3H3/t9-/m0/s1. The molecule has 3 nitrogen and oxygen atoms in total. The lowest BCUT2D eigenvalue weighted by molar-refractivity contribution is -0.133. The highest BCUT2D eigenvalue weighted by molar-refractivity contribution is 5.88. The molecule has 0 aromatic rings. The number of rotatable bonds is 1. The van der Waals surface area contributed by atoms with Crippen molar-refractivity contribution in [3.8, 4) is 0 Å². The molecular formula is C9H13NO2. The van der Waals surface area contributed by atoms with Gasteiger partial charge in [0.1, 0.15) is 0 Å².